The van der Waals surface area contributed by atoms with Gasteiger partial charge < -0.3 is 0 Å². The number of hydrogen-bond acceptors (Lipinski definition) is 3. The number of rotatable bonds is 1. The molecule has 0 N–H and O–H groups in total. The fraction of sp³-hybridized carbons (Fsp3) is 0.136. The van der Waals surface area contributed by atoms with Crippen molar-refractivity contribution >= 4 is 0 Å². The van der Waals surface area contributed by atoms with Gasteiger partial charge in [0.25, 0.3) is 0 Å². The normalized spacial score (nSPS) is 11.6. The molecule has 0 aliphatic carbocycles. The predicted octanol–water partition coefficient (Wildman–Crippen LogP) is 3.26. The number of fused-ring (bicyclic) bond motifs is 5. The Hall–Kier alpha value is -3.65. The summed E-state index contributed by atoms with van der Waals surface area (Å²) in [6, 6.07) is 16.6. The lowest BCUT2D eigenvalue weighted by molar-refractivity contribution is 0.777. The Morgan fingerprint density at radius 2 is 1.96 bits per heavy atom. The molecule has 0 saturated heterocycles. The lowest BCUT2D eigenvalue weighted by Gasteiger charge is -2.10. The molecule has 0 atom stereocenters. The molecule has 130 valence electrons. The lowest BCUT2D eigenvalue weighted by Crippen LogP contribution is -2.03. The van der Waals surface area contributed by atoms with Gasteiger partial charge in [0.05, 0.1) is 29.0 Å². The summed E-state index contributed by atoms with van der Waals surface area (Å²) < 4.78 is 4.03. The van der Waals surface area contributed by atoms with Crippen LogP contribution in [-0.2, 0) is 12.8 Å². The van der Waals surface area contributed by atoms with Crippen molar-refractivity contribution in [3.05, 3.63) is 89.3 Å². The summed E-state index contributed by atoms with van der Waals surface area (Å²) in [7, 11) is 0. The molecule has 0 bridgehead atoms. The SMILES string of the molecule is Cc1ccc2c(c1)-n1nncc1Cc1c(C#CCc3ccccc3)ncn1-2. The van der Waals surface area contributed by atoms with Crippen LogP contribution in [0, 0.1) is 18.8 Å². The molecule has 5 heteroatoms. The molecule has 4 aromatic rings. The Labute approximate surface area is 157 Å². The summed E-state index contributed by atoms with van der Waals surface area (Å²) in [4.78, 5) is 4.59. The van der Waals surface area contributed by atoms with Crippen LogP contribution in [0.5, 0.6) is 0 Å². The molecular formula is C22H17N5. The molecule has 1 aliphatic rings. The molecule has 0 saturated carbocycles. The van der Waals surface area contributed by atoms with Crippen molar-refractivity contribution in [2.24, 2.45) is 0 Å². The summed E-state index contributed by atoms with van der Waals surface area (Å²) in [5, 5.41) is 8.40. The number of nitrogens with zero attached hydrogens (tertiary/aromatic N) is 5. The highest BCUT2D eigenvalue weighted by Crippen LogP contribution is 2.28. The van der Waals surface area contributed by atoms with Gasteiger partial charge in [0.15, 0.2) is 0 Å². The molecule has 3 heterocycles. The third-order valence-corrected chi connectivity index (χ3v) is 4.80. The first kappa shape index (κ1) is 15.6. The molecule has 1 aliphatic heterocycles. The topological polar surface area (TPSA) is 48.5 Å². The van der Waals surface area contributed by atoms with E-state index in [2.05, 4.69) is 69.0 Å². The van der Waals surface area contributed by atoms with E-state index >= 15 is 0 Å². The molecule has 5 rings (SSSR count). The molecule has 0 spiro atoms. The predicted molar refractivity (Wildman–Crippen MR) is 103 cm³/mol. The second kappa shape index (κ2) is 6.26. The van der Waals surface area contributed by atoms with Gasteiger partial charge in [-0.25, -0.2) is 9.67 Å². The van der Waals surface area contributed by atoms with Gasteiger partial charge in [0.2, 0.25) is 0 Å². The van der Waals surface area contributed by atoms with Crippen LogP contribution >= 0.6 is 0 Å². The molecule has 2 aromatic heterocycles. The van der Waals surface area contributed by atoms with Crippen molar-refractivity contribution in [3.63, 3.8) is 0 Å². The number of aromatic nitrogens is 5. The number of aryl methyl sites for hydroxylation is 1. The summed E-state index contributed by atoms with van der Waals surface area (Å²) in [5.74, 6) is 6.52. The second-order valence-electron chi connectivity index (χ2n) is 6.68. The third kappa shape index (κ3) is 2.72. The highest BCUT2D eigenvalue weighted by atomic mass is 15.4. The molecule has 2 aromatic carbocycles. The molecule has 0 amide bonds. The molecule has 0 unspecified atom stereocenters. The average molecular weight is 351 g/mol. The third-order valence-electron chi connectivity index (χ3n) is 4.80. The van der Waals surface area contributed by atoms with Gasteiger partial charge in [-0.2, -0.15) is 0 Å². The van der Waals surface area contributed by atoms with Gasteiger partial charge in [-0.1, -0.05) is 47.5 Å². The van der Waals surface area contributed by atoms with E-state index in [0.29, 0.717) is 12.8 Å². The molecule has 0 radical (unpaired) electrons. The monoisotopic (exact) mass is 351 g/mol. The fourth-order valence-corrected chi connectivity index (χ4v) is 3.44. The number of hydrogen-bond donors (Lipinski definition) is 0. The number of benzene rings is 2. The first-order valence-electron chi connectivity index (χ1n) is 8.89. The largest absolute Gasteiger partial charge is 0.299 e. The van der Waals surface area contributed by atoms with Crippen LogP contribution < -0.4 is 0 Å². The summed E-state index contributed by atoms with van der Waals surface area (Å²) in [5.41, 5.74) is 7.37. The van der Waals surface area contributed by atoms with Crippen molar-refractivity contribution in [2.45, 2.75) is 19.8 Å². The van der Waals surface area contributed by atoms with Crippen LogP contribution in [-0.4, -0.2) is 24.5 Å². The molecule has 5 nitrogen and oxygen atoms in total. The minimum absolute atomic E-state index is 0.691. The Bertz CT molecular complexity index is 1190. The zero-order valence-electron chi connectivity index (χ0n) is 14.9. The smallest absolute Gasteiger partial charge is 0.135 e. The van der Waals surface area contributed by atoms with Crippen LogP contribution in [0.1, 0.15) is 28.2 Å². The van der Waals surface area contributed by atoms with Gasteiger partial charge >= 0.3 is 0 Å². The zero-order chi connectivity index (χ0) is 18.2. The standard InChI is InChI=1S/C22H17N5/c1-16-10-11-20-22(12-16)27-18(14-24-25-27)13-21-19(23-15-26(20)21)9-5-8-17-6-3-2-4-7-17/h2-4,6-7,10-12,14-15H,8,13H2,1H3. The number of imidazole rings is 1. The van der Waals surface area contributed by atoms with Crippen LogP contribution in [0.3, 0.4) is 0 Å². The summed E-state index contributed by atoms with van der Waals surface area (Å²) >= 11 is 0. The Morgan fingerprint density at radius 3 is 2.85 bits per heavy atom. The van der Waals surface area contributed by atoms with Gasteiger partial charge in [-0.15, -0.1) is 5.10 Å². The molecule has 0 fully saturated rings. The van der Waals surface area contributed by atoms with Crippen LogP contribution in [0.4, 0.5) is 0 Å². The maximum Gasteiger partial charge on any atom is 0.135 e. The van der Waals surface area contributed by atoms with Gasteiger partial charge in [0.1, 0.15) is 12.0 Å². The van der Waals surface area contributed by atoms with E-state index in [-0.39, 0.29) is 0 Å². The first-order valence-corrected chi connectivity index (χ1v) is 8.89. The fourth-order valence-electron chi connectivity index (χ4n) is 3.44. The Morgan fingerprint density at radius 1 is 1.07 bits per heavy atom. The quantitative estimate of drug-likeness (QED) is 0.436. The van der Waals surface area contributed by atoms with Crippen molar-refractivity contribution in [2.75, 3.05) is 0 Å². The van der Waals surface area contributed by atoms with Crippen LogP contribution in [0.2, 0.25) is 0 Å². The van der Waals surface area contributed by atoms with Gasteiger partial charge in [-0.3, -0.25) is 4.57 Å². The first-order chi connectivity index (χ1) is 13.3. The van der Waals surface area contributed by atoms with Crippen molar-refractivity contribution in [1.29, 1.82) is 0 Å². The maximum absolute atomic E-state index is 4.59. The van der Waals surface area contributed by atoms with Crippen LogP contribution in [0.15, 0.2) is 61.1 Å². The van der Waals surface area contributed by atoms with Gasteiger partial charge in [0, 0.05) is 12.8 Å². The second-order valence-corrected chi connectivity index (χ2v) is 6.68. The van der Waals surface area contributed by atoms with E-state index in [1.165, 1.54) is 11.1 Å². The lowest BCUT2D eigenvalue weighted by atomic mass is 10.1. The highest BCUT2D eigenvalue weighted by Gasteiger charge is 2.22. The van der Waals surface area contributed by atoms with E-state index in [0.717, 1.165) is 28.5 Å². The average Bonchev–Trinajstić information content (AvgIpc) is 3.28. The molecular weight excluding hydrogens is 334 g/mol. The van der Waals surface area contributed by atoms with E-state index in [9.17, 15) is 0 Å². The van der Waals surface area contributed by atoms with Crippen molar-refractivity contribution in [3.8, 4) is 23.2 Å². The van der Waals surface area contributed by atoms with Gasteiger partial charge in [-0.05, 0) is 36.1 Å². The van der Waals surface area contributed by atoms with E-state index in [1.54, 1.807) is 0 Å². The zero-order valence-corrected chi connectivity index (χ0v) is 14.9. The van der Waals surface area contributed by atoms with Crippen LogP contribution in [0.25, 0.3) is 11.4 Å². The Balaban J connectivity index is 1.59. The van der Waals surface area contributed by atoms with E-state index in [1.807, 2.05) is 35.4 Å². The Kier molecular flexibility index (Phi) is 3.61. The summed E-state index contributed by atoms with van der Waals surface area (Å²) in [6.45, 7) is 2.08. The van der Waals surface area contributed by atoms with E-state index < -0.39 is 0 Å². The summed E-state index contributed by atoms with van der Waals surface area (Å²) in [6.07, 6.45) is 5.07. The minimum atomic E-state index is 0.691. The minimum Gasteiger partial charge on any atom is -0.299 e. The maximum atomic E-state index is 4.59. The van der Waals surface area contributed by atoms with E-state index in [4.69, 9.17) is 0 Å². The van der Waals surface area contributed by atoms with Crippen molar-refractivity contribution < 1.29 is 0 Å². The molecule has 27 heavy (non-hydrogen) atoms. The highest BCUT2D eigenvalue weighted by molar-refractivity contribution is 5.58. The van der Waals surface area contributed by atoms with Crippen molar-refractivity contribution in [1.82, 2.24) is 24.5 Å².